The van der Waals surface area contributed by atoms with E-state index < -0.39 is 0 Å². The average molecular weight is 305 g/mol. The van der Waals surface area contributed by atoms with Crippen molar-refractivity contribution in [2.24, 2.45) is 23.7 Å². The smallest absolute Gasteiger partial charge is 0.0862 e. The van der Waals surface area contributed by atoms with Crippen LogP contribution in [0.2, 0.25) is 0 Å². The minimum atomic E-state index is 0.399. The van der Waals surface area contributed by atoms with Gasteiger partial charge in [-0.2, -0.15) is 0 Å². The van der Waals surface area contributed by atoms with E-state index in [9.17, 15) is 0 Å². The summed E-state index contributed by atoms with van der Waals surface area (Å²) in [7, 11) is 0. The van der Waals surface area contributed by atoms with Gasteiger partial charge in [-0.05, 0) is 80.3 Å². The maximum absolute atomic E-state index is 4.63. The summed E-state index contributed by atoms with van der Waals surface area (Å²) in [4.78, 5) is 1.41. The Morgan fingerprint density at radius 3 is 2.33 bits per heavy atom. The highest BCUT2D eigenvalue weighted by Gasteiger charge is 2.53. The molecule has 0 atom stereocenters. The van der Waals surface area contributed by atoms with Gasteiger partial charge in [0, 0.05) is 12.0 Å². The molecule has 4 aliphatic carbocycles. The number of hydrogen-bond acceptors (Lipinski definition) is 4. The lowest BCUT2D eigenvalue weighted by Crippen LogP contribution is -2.49. The van der Waals surface area contributed by atoms with Crippen molar-refractivity contribution < 1.29 is 0 Å². The summed E-state index contributed by atoms with van der Waals surface area (Å²) in [5, 5.41) is 8.22. The van der Waals surface area contributed by atoms with Crippen LogP contribution in [-0.2, 0) is 12.0 Å². The average Bonchev–Trinajstić information content (AvgIpc) is 2.85. The molecule has 0 aromatic carbocycles. The molecule has 5 rings (SSSR count). The minimum Gasteiger partial charge on any atom is -0.311 e. The van der Waals surface area contributed by atoms with Crippen LogP contribution in [0.4, 0.5) is 0 Å². The topological polar surface area (TPSA) is 37.8 Å². The first-order valence-corrected chi connectivity index (χ1v) is 9.44. The van der Waals surface area contributed by atoms with Gasteiger partial charge < -0.3 is 5.32 Å². The second-order valence-corrected chi connectivity index (χ2v) is 9.11. The van der Waals surface area contributed by atoms with Crippen LogP contribution in [0.15, 0.2) is 0 Å². The van der Waals surface area contributed by atoms with Crippen LogP contribution in [0.25, 0.3) is 0 Å². The van der Waals surface area contributed by atoms with Gasteiger partial charge in [0.15, 0.2) is 0 Å². The molecule has 4 fully saturated rings. The van der Waals surface area contributed by atoms with Crippen molar-refractivity contribution in [3.8, 4) is 0 Å². The largest absolute Gasteiger partial charge is 0.311 e. The van der Waals surface area contributed by atoms with Crippen LogP contribution >= 0.6 is 11.5 Å². The Labute approximate surface area is 132 Å². The van der Waals surface area contributed by atoms with Gasteiger partial charge >= 0.3 is 0 Å². The van der Waals surface area contributed by atoms with E-state index in [0.29, 0.717) is 11.3 Å². The molecule has 3 nitrogen and oxygen atoms in total. The molecular weight excluding hydrogens is 278 g/mol. The number of rotatable bonds is 5. The zero-order valence-corrected chi connectivity index (χ0v) is 14.1. The van der Waals surface area contributed by atoms with Crippen LogP contribution in [0.1, 0.15) is 62.9 Å². The molecule has 116 valence electrons. The molecule has 0 amide bonds. The number of hydrogen-bond donors (Lipinski definition) is 1. The Morgan fingerprint density at radius 1 is 1.14 bits per heavy atom. The van der Waals surface area contributed by atoms with E-state index in [0.717, 1.165) is 30.8 Å². The monoisotopic (exact) mass is 305 g/mol. The van der Waals surface area contributed by atoms with Gasteiger partial charge in [0.2, 0.25) is 0 Å². The van der Waals surface area contributed by atoms with Crippen molar-refractivity contribution >= 4 is 11.5 Å². The van der Waals surface area contributed by atoms with Crippen LogP contribution in [0.3, 0.4) is 0 Å². The molecule has 4 bridgehead atoms. The third kappa shape index (κ3) is 2.55. The highest BCUT2D eigenvalue weighted by atomic mass is 32.1. The maximum atomic E-state index is 4.63. The Bertz CT molecular complexity index is 473. The summed E-state index contributed by atoms with van der Waals surface area (Å²) in [6, 6.07) is 0. The lowest BCUT2D eigenvalue weighted by molar-refractivity contribution is -0.00761. The SMILES string of the molecule is CC(C)CNCc1snnc1C12CC3CC(CC(C3)C1)C2. The zero-order valence-electron chi connectivity index (χ0n) is 13.3. The first kappa shape index (κ1) is 14.1. The molecule has 0 spiro atoms. The van der Waals surface area contributed by atoms with Crippen molar-refractivity contribution in [1.29, 1.82) is 0 Å². The van der Waals surface area contributed by atoms with E-state index in [1.807, 2.05) is 0 Å². The first-order chi connectivity index (χ1) is 10.1. The summed E-state index contributed by atoms with van der Waals surface area (Å²) < 4.78 is 4.33. The molecule has 1 heterocycles. The van der Waals surface area contributed by atoms with Crippen LogP contribution in [-0.4, -0.2) is 16.1 Å². The molecule has 21 heavy (non-hydrogen) atoms. The fourth-order valence-corrected chi connectivity index (χ4v) is 6.33. The van der Waals surface area contributed by atoms with E-state index in [1.54, 1.807) is 11.5 Å². The van der Waals surface area contributed by atoms with Crippen molar-refractivity contribution in [3.63, 3.8) is 0 Å². The summed E-state index contributed by atoms with van der Waals surface area (Å²) in [6.45, 7) is 6.57. The van der Waals surface area contributed by atoms with Gasteiger partial charge in [-0.3, -0.25) is 0 Å². The Morgan fingerprint density at radius 2 is 1.76 bits per heavy atom. The molecule has 0 saturated heterocycles. The lowest BCUT2D eigenvalue weighted by atomic mass is 9.48. The predicted octanol–water partition coefficient (Wildman–Crippen LogP) is 3.75. The fraction of sp³-hybridized carbons (Fsp3) is 0.882. The predicted molar refractivity (Wildman–Crippen MR) is 86.3 cm³/mol. The molecule has 4 heteroatoms. The summed E-state index contributed by atoms with van der Waals surface area (Å²) in [5.41, 5.74) is 1.78. The number of nitrogens with zero attached hydrogens (tertiary/aromatic N) is 2. The Kier molecular flexibility index (Phi) is 3.57. The molecular formula is C17H27N3S. The van der Waals surface area contributed by atoms with Gasteiger partial charge in [0.25, 0.3) is 0 Å². The molecule has 4 saturated carbocycles. The van der Waals surface area contributed by atoms with E-state index in [-0.39, 0.29) is 0 Å². The fourth-order valence-electron chi connectivity index (χ4n) is 5.60. The highest BCUT2D eigenvalue weighted by molar-refractivity contribution is 7.05. The number of nitrogens with one attached hydrogen (secondary N) is 1. The third-order valence-electron chi connectivity index (χ3n) is 5.93. The van der Waals surface area contributed by atoms with Crippen molar-refractivity contribution in [2.75, 3.05) is 6.54 Å². The van der Waals surface area contributed by atoms with E-state index >= 15 is 0 Å². The van der Waals surface area contributed by atoms with Crippen LogP contribution < -0.4 is 5.32 Å². The molecule has 4 aliphatic rings. The Balaban J connectivity index is 1.55. The van der Waals surface area contributed by atoms with Gasteiger partial charge in [-0.15, -0.1) is 5.10 Å². The molecule has 0 unspecified atom stereocenters. The van der Waals surface area contributed by atoms with E-state index in [1.165, 1.54) is 49.1 Å². The molecule has 1 aromatic rings. The quantitative estimate of drug-likeness (QED) is 0.900. The van der Waals surface area contributed by atoms with Gasteiger partial charge in [0.1, 0.15) is 0 Å². The molecule has 1 aromatic heterocycles. The molecule has 0 aliphatic heterocycles. The summed E-state index contributed by atoms with van der Waals surface area (Å²) in [6.07, 6.45) is 8.66. The summed E-state index contributed by atoms with van der Waals surface area (Å²) in [5.74, 6) is 3.65. The first-order valence-electron chi connectivity index (χ1n) is 8.67. The minimum absolute atomic E-state index is 0.399. The van der Waals surface area contributed by atoms with Crippen molar-refractivity contribution in [3.05, 3.63) is 10.6 Å². The zero-order chi connectivity index (χ0) is 14.4. The van der Waals surface area contributed by atoms with Crippen LogP contribution in [0, 0.1) is 23.7 Å². The molecule has 0 radical (unpaired) electrons. The van der Waals surface area contributed by atoms with Crippen LogP contribution in [0.5, 0.6) is 0 Å². The van der Waals surface area contributed by atoms with Crippen molar-refractivity contribution in [1.82, 2.24) is 14.9 Å². The second-order valence-electron chi connectivity index (χ2n) is 8.27. The van der Waals surface area contributed by atoms with E-state index in [2.05, 4.69) is 28.8 Å². The summed E-state index contributed by atoms with van der Waals surface area (Å²) >= 11 is 1.63. The maximum Gasteiger partial charge on any atom is 0.0862 e. The second kappa shape index (κ2) is 5.31. The highest BCUT2D eigenvalue weighted by Crippen LogP contribution is 2.60. The lowest BCUT2D eigenvalue weighted by Gasteiger charge is -2.56. The number of aromatic nitrogens is 2. The standard InChI is InChI=1S/C17H27N3S/c1-11(2)9-18-10-15-16(19-20-21-15)17-6-12-3-13(7-17)5-14(4-12)8-17/h11-14,18H,3-10H2,1-2H3. The van der Waals surface area contributed by atoms with Gasteiger partial charge in [0.05, 0.1) is 10.6 Å². The van der Waals surface area contributed by atoms with Gasteiger partial charge in [-0.1, -0.05) is 18.3 Å². The van der Waals surface area contributed by atoms with Crippen molar-refractivity contribution in [2.45, 2.75) is 64.3 Å². The molecule has 1 N–H and O–H groups in total. The van der Waals surface area contributed by atoms with Gasteiger partial charge in [-0.25, -0.2) is 0 Å². The Hall–Kier alpha value is -0.480. The van der Waals surface area contributed by atoms with E-state index in [4.69, 9.17) is 0 Å². The third-order valence-corrected chi connectivity index (χ3v) is 6.66. The normalized spacial score (nSPS) is 37.6.